The van der Waals surface area contributed by atoms with E-state index in [1.165, 1.54) is 0 Å². The fourth-order valence-corrected chi connectivity index (χ4v) is 2.87. The van der Waals surface area contributed by atoms with Gasteiger partial charge in [-0.3, -0.25) is 9.48 Å². The molecule has 1 aliphatic rings. The van der Waals surface area contributed by atoms with Crippen molar-refractivity contribution in [1.82, 2.24) is 9.78 Å². The summed E-state index contributed by atoms with van der Waals surface area (Å²) in [4.78, 5) is 13.7. The Morgan fingerprint density at radius 2 is 2.27 bits per heavy atom. The van der Waals surface area contributed by atoms with Crippen LogP contribution in [0.15, 0.2) is 30.6 Å². The first-order valence-corrected chi connectivity index (χ1v) is 7.41. The Morgan fingerprint density at radius 3 is 3.00 bits per heavy atom. The second-order valence-corrected chi connectivity index (χ2v) is 5.57. The van der Waals surface area contributed by atoms with Crippen molar-refractivity contribution in [2.24, 2.45) is 0 Å². The Balaban J connectivity index is 1.95. The summed E-state index contributed by atoms with van der Waals surface area (Å²) in [5.41, 5.74) is 3.90. The number of nitrogens with zero attached hydrogens (tertiary/aromatic N) is 3. The van der Waals surface area contributed by atoms with Crippen molar-refractivity contribution in [1.29, 1.82) is 0 Å². The van der Waals surface area contributed by atoms with Crippen LogP contribution in [0, 0.1) is 0 Å². The maximum Gasteiger partial charge on any atom is 0.224 e. The van der Waals surface area contributed by atoms with Crippen LogP contribution in [0.4, 0.5) is 11.4 Å². The lowest BCUT2D eigenvalue weighted by Crippen LogP contribution is -2.44. The monoisotopic (exact) mass is 300 g/mol. The molecule has 0 spiro atoms. The Labute approximate surface area is 129 Å². The standard InChI is InChI=1S/C16H20N4O2/c1-11-8-17-15-7-13(3-4-16(15)20(11)12(2)22)14-9-18-19(10-14)5-6-21/h3-4,7,9-11,17,21H,5-6,8H2,1-2H3/t11-/m0/s1. The van der Waals surface area contributed by atoms with E-state index < -0.39 is 0 Å². The summed E-state index contributed by atoms with van der Waals surface area (Å²) in [5.74, 6) is 0.0544. The number of hydrogen-bond acceptors (Lipinski definition) is 4. The fourth-order valence-electron chi connectivity index (χ4n) is 2.87. The number of amides is 1. The molecule has 6 nitrogen and oxygen atoms in total. The van der Waals surface area contributed by atoms with E-state index in [0.717, 1.165) is 29.0 Å². The van der Waals surface area contributed by atoms with Crippen LogP contribution >= 0.6 is 0 Å². The molecule has 0 saturated carbocycles. The van der Waals surface area contributed by atoms with Gasteiger partial charge in [-0.15, -0.1) is 0 Å². The maximum atomic E-state index is 11.9. The van der Waals surface area contributed by atoms with E-state index in [9.17, 15) is 4.79 Å². The molecule has 0 fully saturated rings. The molecule has 6 heteroatoms. The smallest absolute Gasteiger partial charge is 0.224 e. The highest BCUT2D eigenvalue weighted by atomic mass is 16.3. The van der Waals surface area contributed by atoms with Crippen LogP contribution in [0.25, 0.3) is 11.1 Å². The summed E-state index contributed by atoms with van der Waals surface area (Å²) < 4.78 is 1.71. The highest BCUT2D eigenvalue weighted by Crippen LogP contribution is 2.35. The van der Waals surface area contributed by atoms with Gasteiger partial charge in [0.15, 0.2) is 0 Å². The molecule has 1 amide bonds. The zero-order chi connectivity index (χ0) is 15.7. The zero-order valence-electron chi connectivity index (χ0n) is 12.8. The molecule has 3 rings (SSSR count). The van der Waals surface area contributed by atoms with Crippen molar-refractivity contribution in [2.75, 3.05) is 23.4 Å². The number of fused-ring (bicyclic) bond motifs is 1. The van der Waals surface area contributed by atoms with Gasteiger partial charge in [0.05, 0.1) is 36.8 Å². The number of aromatic nitrogens is 2. The van der Waals surface area contributed by atoms with Gasteiger partial charge in [0, 0.05) is 25.2 Å². The minimum absolute atomic E-state index is 0.0544. The first-order chi connectivity index (χ1) is 10.6. The molecule has 1 aliphatic heterocycles. The van der Waals surface area contributed by atoms with Crippen molar-refractivity contribution in [3.63, 3.8) is 0 Å². The van der Waals surface area contributed by atoms with E-state index in [1.54, 1.807) is 17.8 Å². The topological polar surface area (TPSA) is 70.4 Å². The molecule has 2 heterocycles. The normalized spacial score (nSPS) is 17.0. The predicted octanol–water partition coefficient (Wildman–Crippen LogP) is 1.71. The van der Waals surface area contributed by atoms with Crippen LogP contribution in [0.3, 0.4) is 0 Å². The molecule has 22 heavy (non-hydrogen) atoms. The number of aliphatic hydroxyl groups excluding tert-OH is 1. The summed E-state index contributed by atoms with van der Waals surface area (Å²) in [6.45, 7) is 4.92. The van der Waals surface area contributed by atoms with Gasteiger partial charge in [-0.2, -0.15) is 5.10 Å². The summed E-state index contributed by atoms with van der Waals surface area (Å²) in [7, 11) is 0. The van der Waals surface area contributed by atoms with Crippen molar-refractivity contribution >= 4 is 17.3 Å². The lowest BCUT2D eigenvalue weighted by atomic mass is 10.0. The lowest BCUT2D eigenvalue weighted by Gasteiger charge is -2.35. The number of carbonyl (C=O) groups is 1. The molecule has 0 radical (unpaired) electrons. The fraction of sp³-hybridized carbons (Fsp3) is 0.375. The summed E-state index contributed by atoms with van der Waals surface area (Å²) in [5, 5.41) is 16.6. The average Bonchev–Trinajstić information content (AvgIpc) is 2.95. The third-order valence-corrected chi connectivity index (χ3v) is 3.92. The van der Waals surface area contributed by atoms with Crippen molar-refractivity contribution in [3.8, 4) is 11.1 Å². The highest BCUT2D eigenvalue weighted by Gasteiger charge is 2.26. The summed E-state index contributed by atoms with van der Waals surface area (Å²) >= 11 is 0. The average molecular weight is 300 g/mol. The molecule has 0 saturated heterocycles. The highest BCUT2D eigenvalue weighted by molar-refractivity contribution is 5.97. The summed E-state index contributed by atoms with van der Waals surface area (Å²) in [6.07, 6.45) is 3.69. The summed E-state index contributed by atoms with van der Waals surface area (Å²) in [6, 6.07) is 6.15. The molecule has 0 aliphatic carbocycles. The Bertz CT molecular complexity index is 695. The minimum atomic E-state index is 0.0544. The van der Waals surface area contributed by atoms with Gasteiger partial charge in [0.25, 0.3) is 0 Å². The van der Waals surface area contributed by atoms with Gasteiger partial charge in [-0.1, -0.05) is 6.07 Å². The van der Waals surface area contributed by atoms with Gasteiger partial charge in [-0.25, -0.2) is 0 Å². The van der Waals surface area contributed by atoms with Crippen LogP contribution in [0.5, 0.6) is 0 Å². The molecule has 0 unspecified atom stereocenters. The van der Waals surface area contributed by atoms with Gasteiger partial charge >= 0.3 is 0 Å². The number of nitrogens with one attached hydrogen (secondary N) is 1. The number of carbonyl (C=O) groups excluding carboxylic acids is 1. The molecule has 116 valence electrons. The first kappa shape index (κ1) is 14.6. The van der Waals surface area contributed by atoms with Crippen molar-refractivity contribution in [2.45, 2.75) is 26.4 Å². The zero-order valence-corrected chi connectivity index (χ0v) is 12.8. The number of aliphatic hydroxyl groups is 1. The molecule has 1 aromatic carbocycles. The van der Waals surface area contributed by atoms with Crippen LogP contribution in [0.1, 0.15) is 13.8 Å². The number of rotatable bonds is 3. The predicted molar refractivity (Wildman–Crippen MR) is 85.9 cm³/mol. The second kappa shape index (κ2) is 5.81. The van der Waals surface area contributed by atoms with Gasteiger partial charge in [0.1, 0.15) is 0 Å². The molecule has 2 aromatic rings. The van der Waals surface area contributed by atoms with Gasteiger partial charge < -0.3 is 15.3 Å². The van der Waals surface area contributed by atoms with Crippen molar-refractivity contribution < 1.29 is 9.90 Å². The molecule has 1 atom stereocenters. The number of anilines is 2. The number of hydrogen-bond donors (Lipinski definition) is 2. The first-order valence-electron chi connectivity index (χ1n) is 7.41. The van der Waals surface area contributed by atoms with E-state index in [4.69, 9.17) is 5.11 Å². The van der Waals surface area contributed by atoms with E-state index in [1.807, 2.05) is 36.2 Å². The Kier molecular flexibility index (Phi) is 3.85. The molecule has 0 bridgehead atoms. The third-order valence-electron chi connectivity index (χ3n) is 3.92. The van der Waals surface area contributed by atoms with E-state index in [2.05, 4.69) is 10.4 Å². The lowest BCUT2D eigenvalue weighted by molar-refractivity contribution is -0.116. The van der Waals surface area contributed by atoms with E-state index >= 15 is 0 Å². The molecular formula is C16H20N4O2. The van der Waals surface area contributed by atoms with E-state index in [-0.39, 0.29) is 18.6 Å². The largest absolute Gasteiger partial charge is 0.394 e. The SMILES string of the molecule is CC(=O)N1c2ccc(-c3cnn(CCO)c3)cc2NC[C@@H]1C. The van der Waals surface area contributed by atoms with Crippen LogP contribution in [-0.2, 0) is 11.3 Å². The van der Waals surface area contributed by atoms with Crippen molar-refractivity contribution in [3.05, 3.63) is 30.6 Å². The maximum absolute atomic E-state index is 11.9. The Hall–Kier alpha value is -2.34. The van der Waals surface area contributed by atoms with Crippen LogP contribution < -0.4 is 10.2 Å². The quantitative estimate of drug-likeness (QED) is 0.905. The van der Waals surface area contributed by atoms with Crippen LogP contribution in [0.2, 0.25) is 0 Å². The third kappa shape index (κ3) is 2.57. The molecule has 1 aromatic heterocycles. The molecular weight excluding hydrogens is 280 g/mol. The molecule has 2 N–H and O–H groups in total. The Morgan fingerprint density at radius 1 is 1.45 bits per heavy atom. The van der Waals surface area contributed by atoms with E-state index in [0.29, 0.717) is 6.54 Å². The minimum Gasteiger partial charge on any atom is -0.394 e. The van der Waals surface area contributed by atoms with Gasteiger partial charge in [-0.05, 0) is 24.6 Å². The van der Waals surface area contributed by atoms with Crippen LogP contribution in [-0.4, -0.2) is 40.0 Å². The van der Waals surface area contributed by atoms with Gasteiger partial charge in [0.2, 0.25) is 5.91 Å². The second-order valence-electron chi connectivity index (χ2n) is 5.57. The number of benzene rings is 1.